The van der Waals surface area contributed by atoms with E-state index in [0.717, 1.165) is 25.0 Å². The molecule has 0 spiro atoms. The van der Waals surface area contributed by atoms with Crippen LogP contribution in [0, 0.1) is 13.8 Å². The lowest BCUT2D eigenvalue weighted by Gasteiger charge is -2.16. The lowest BCUT2D eigenvalue weighted by atomic mass is 10.0. The van der Waals surface area contributed by atoms with Crippen molar-refractivity contribution in [2.24, 2.45) is 0 Å². The van der Waals surface area contributed by atoms with Gasteiger partial charge in [-0.05, 0) is 50.3 Å². The zero-order valence-electron chi connectivity index (χ0n) is 15.9. The molecule has 1 saturated heterocycles. The van der Waals surface area contributed by atoms with E-state index in [1.54, 1.807) is 4.57 Å². The van der Waals surface area contributed by atoms with E-state index < -0.39 is 0 Å². The van der Waals surface area contributed by atoms with Crippen molar-refractivity contribution in [2.75, 3.05) is 12.4 Å². The molecule has 0 aliphatic carbocycles. The number of carbonyl (C=O) groups excluding carboxylic acids is 1. The van der Waals surface area contributed by atoms with Crippen molar-refractivity contribution < 1.29 is 9.53 Å². The maximum Gasteiger partial charge on any atom is 0.344 e. The molecule has 3 rings (SSSR count). The van der Waals surface area contributed by atoms with Crippen LogP contribution in [0.4, 0.5) is 0 Å². The van der Waals surface area contributed by atoms with Crippen LogP contribution in [0.15, 0.2) is 28.2 Å². The van der Waals surface area contributed by atoms with Crippen LogP contribution in [0.25, 0.3) is 0 Å². The van der Waals surface area contributed by atoms with E-state index in [1.165, 1.54) is 22.9 Å². The summed E-state index contributed by atoms with van der Waals surface area (Å²) in [7, 11) is 0. The first kappa shape index (κ1) is 19.7. The highest BCUT2D eigenvalue weighted by Gasteiger charge is 2.20. The standard InChI is InChI=1S/C19H26N4O3S/c1-12-6-7-15(9-13(12)2)14(3)20-17(24)11-27-19-22-21-18(25)23(19)10-16-5-4-8-26-16/h6-7,9,14,16H,4-5,8,10-11H2,1-3H3,(H,20,24)(H,21,25)/t14-,16-/m0/s1. The van der Waals surface area contributed by atoms with Crippen molar-refractivity contribution in [3.8, 4) is 0 Å². The van der Waals surface area contributed by atoms with Gasteiger partial charge in [-0.1, -0.05) is 30.0 Å². The van der Waals surface area contributed by atoms with Gasteiger partial charge in [-0.25, -0.2) is 9.89 Å². The number of ether oxygens (including phenoxy) is 1. The molecule has 2 atom stereocenters. The molecule has 1 aliphatic rings. The number of hydrogen-bond acceptors (Lipinski definition) is 5. The second-order valence-corrected chi connectivity index (χ2v) is 7.92. The van der Waals surface area contributed by atoms with Crippen molar-refractivity contribution in [1.29, 1.82) is 0 Å². The first-order valence-electron chi connectivity index (χ1n) is 9.20. The number of nitrogens with one attached hydrogen (secondary N) is 2. The molecule has 8 heteroatoms. The molecule has 2 heterocycles. The zero-order valence-corrected chi connectivity index (χ0v) is 16.8. The maximum absolute atomic E-state index is 12.3. The van der Waals surface area contributed by atoms with Gasteiger partial charge < -0.3 is 10.1 Å². The maximum atomic E-state index is 12.3. The molecule has 1 fully saturated rings. The van der Waals surface area contributed by atoms with E-state index in [-0.39, 0.29) is 29.5 Å². The Hall–Kier alpha value is -2.06. The second kappa shape index (κ2) is 8.75. The number of rotatable bonds is 7. The third kappa shape index (κ3) is 5.01. The predicted octanol–water partition coefficient (Wildman–Crippen LogP) is 2.34. The van der Waals surface area contributed by atoms with Crippen molar-refractivity contribution in [1.82, 2.24) is 20.1 Å². The molecule has 146 valence electrons. The molecule has 1 aliphatic heterocycles. The minimum atomic E-state index is -0.267. The number of nitrogens with zero attached hydrogens (tertiary/aromatic N) is 2. The molecule has 2 aromatic rings. The summed E-state index contributed by atoms with van der Waals surface area (Å²) in [4.78, 5) is 24.3. The molecule has 7 nitrogen and oxygen atoms in total. The van der Waals surface area contributed by atoms with Gasteiger partial charge in [0.2, 0.25) is 5.91 Å². The smallest absolute Gasteiger partial charge is 0.344 e. The number of aryl methyl sites for hydroxylation is 2. The summed E-state index contributed by atoms with van der Waals surface area (Å²) >= 11 is 1.26. The fraction of sp³-hybridized carbons (Fsp3) is 0.526. The number of benzene rings is 1. The van der Waals surface area contributed by atoms with E-state index in [1.807, 2.05) is 13.0 Å². The number of aromatic nitrogens is 3. The van der Waals surface area contributed by atoms with Crippen LogP contribution in [0.2, 0.25) is 0 Å². The van der Waals surface area contributed by atoms with E-state index in [9.17, 15) is 9.59 Å². The van der Waals surface area contributed by atoms with Gasteiger partial charge in [0.05, 0.1) is 24.4 Å². The largest absolute Gasteiger partial charge is 0.376 e. The third-order valence-electron chi connectivity index (χ3n) is 4.87. The number of thioether (sulfide) groups is 1. The molecule has 0 radical (unpaired) electrons. The summed E-state index contributed by atoms with van der Waals surface area (Å²) < 4.78 is 7.15. The van der Waals surface area contributed by atoms with Crippen molar-refractivity contribution >= 4 is 17.7 Å². The van der Waals surface area contributed by atoms with Crippen molar-refractivity contribution in [3.05, 3.63) is 45.4 Å². The fourth-order valence-electron chi connectivity index (χ4n) is 3.10. The molecule has 1 amide bonds. The molecule has 0 bridgehead atoms. The van der Waals surface area contributed by atoms with E-state index in [0.29, 0.717) is 11.7 Å². The summed E-state index contributed by atoms with van der Waals surface area (Å²) in [5, 5.41) is 10.0. The van der Waals surface area contributed by atoms with Crippen molar-refractivity contribution in [3.63, 3.8) is 0 Å². The van der Waals surface area contributed by atoms with Crippen molar-refractivity contribution in [2.45, 2.75) is 57.5 Å². The Balaban J connectivity index is 1.56. The zero-order chi connectivity index (χ0) is 19.4. The normalized spacial score (nSPS) is 17.8. The summed E-state index contributed by atoms with van der Waals surface area (Å²) in [6.07, 6.45) is 1.99. The van der Waals surface area contributed by atoms with Gasteiger partial charge in [-0.3, -0.25) is 9.36 Å². The molecular weight excluding hydrogens is 364 g/mol. The van der Waals surface area contributed by atoms with Gasteiger partial charge >= 0.3 is 5.69 Å². The topological polar surface area (TPSA) is 89.0 Å². The predicted molar refractivity (Wildman–Crippen MR) is 105 cm³/mol. The average Bonchev–Trinajstić information content (AvgIpc) is 3.27. The first-order chi connectivity index (χ1) is 12.9. The summed E-state index contributed by atoms with van der Waals surface area (Å²) in [5.41, 5.74) is 3.25. The van der Waals surface area contributed by atoms with Gasteiger partial charge in [0.1, 0.15) is 0 Å². The summed E-state index contributed by atoms with van der Waals surface area (Å²) in [6, 6.07) is 6.12. The van der Waals surface area contributed by atoms with E-state index in [4.69, 9.17) is 4.74 Å². The SMILES string of the molecule is Cc1ccc([C@H](C)NC(=O)CSc2n[nH]c(=O)n2C[C@@H]2CCCO2)cc1C. The lowest BCUT2D eigenvalue weighted by Crippen LogP contribution is -2.29. The number of hydrogen-bond donors (Lipinski definition) is 2. The Bertz CT molecular complexity index is 855. The van der Waals surface area contributed by atoms with Crippen LogP contribution >= 0.6 is 11.8 Å². The minimum absolute atomic E-state index is 0.0401. The second-order valence-electron chi connectivity index (χ2n) is 6.98. The Morgan fingerprint density at radius 2 is 2.26 bits per heavy atom. The van der Waals surface area contributed by atoms with Gasteiger partial charge in [-0.2, -0.15) is 0 Å². The quantitative estimate of drug-likeness (QED) is 0.709. The molecule has 0 saturated carbocycles. The molecule has 0 unspecified atom stereocenters. The van der Waals surface area contributed by atoms with Gasteiger partial charge in [0, 0.05) is 6.61 Å². The number of carbonyl (C=O) groups is 1. The average molecular weight is 391 g/mol. The minimum Gasteiger partial charge on any atom is -0.376 e. The Labute approximate surface area is 162 Å². The monoisotopic (exact) mass is 390 g/mol. The highest BCUT2D eigenvalue weighted by atomic mass is 32.2. The summed E-state index contributed by atoms with van der Waals surface area (Å²) in [6.45, 7) is 7.30. The fourth-order valence-corrected chi connectivity index (χ4v) is 3.86. The van der Waals surface area contributed by atoms with Crippen LogP contribution in [0.1, 0.15) is 42.5 Å². The molecule has 1 aromatic carbocycles. The van der Waals surface area contributed by atoms with Crippen LogP contribution < -0.4 is 11.0 Å². The summed E-state index contributed by atoms with van der Waals surface area (Å²) in [5.74, 6) is 0.107. The van der Waals surface area contributed by atoms with E-state index >= 15 is 0 Å². The number of H-pyrrole nitrogens is 1. The van der Waals surface area contributed by atoms with Gasteiger partial charge in [-0.15, -0.1) is 5.10 Å². The Morgan fingerprint density at radius 1 is 1.44 bits per heavy atom. The Kier molecular flexibility index (Phi) is 6.38. The lowest BCUT2D eigenvalue weighted by molar-refractivity contribution is -0.119. The van der Waals surface area contributed by atoms with Crippen LogP contribution in [-0.2, 0) is 16.1 Å². The molecule has 1 aromatic heterocycles. The van der Waals surface area contributed by atoms with Gasteiger partial charge in [0.25, 0.3) is 0 Å². The highest BCUT2D eigenvalue weighted by molar-refractivity contribution is 7.99. The molecular formula is C19H26N4O3S. The van der Waals surface area contributed by atoms with Gasteiger partial charge in [0.15, 0.2) is 5.16 Å². The van der Waals surface area contributed by atoms with E-state index in [2.05, 4.69) is 41.5 Å². The number of amides is 1. The van der Waals surface area contributed by atoms with Crippen LogP contribution in [-0.4, -0.2) is 39.1 Å². The van der Waals surface area contributed by atoms with Crippen LogP contribution in [0.5, 0.6) is 0 Å². The highest BCUT2D eigenvalue weighted by Crippen LogP contribution is 2.19. The Morgan fingerprint density at radius 3 is 2.96 bits per heavy atom. The molecule has 2 N–H and O–H groups in total. The van der Waals surface area contributed by atoms with Crippen LogP contribution in [0.3, 0.4) is 0 Å². The third-order valence-corrected chi connectivity index (χ3v) is 5.85. The number of aromatic amines is 1. The molecule has 27 heavy (non-hydrogen) atoms. The first-order valence-corrected chi connectivity index (χ1v) is 10.2.